The minimum absolute atomic E-state index is 0.784. The first-order valence-corrected chi connectivity index (χ1v) is 7.65. The van der Waals surface area contributed by atoms with Gasteiger partial charge in [0.1, 0.15) is 0 Å². The fourth-order valence-electron chi connectivity index (χ4n) is 1.40. The van der Waals surface area contributed by atoms with Crippen molar-refractivity contribution < 1.29 is 0 Å². The number of nitrogens with two attached hydrogens (primary N) is 1. The van der Waals surface area contributed by atoms with E-state index in [0.29, 0.717) is 0 Å². The van der Waals surface area contributed by atoms with E-state index in [0.717, 1.165) is 20.4 Å². The molecule has 0 aromatic heterocycles. The van der Waals surface area contributed by atoms with E-state index >= 15 is 0 Å². The number of rotatable bonds is 3. The molecular weight excluding hydrogens is 362 g/mol. The number of nitrogen functional groups attached to an aromatic ring is 1. The number of halogens is 2. The molecule has 0 saturated carbocycles. The largest absolute Gasteiger partial charge is 0.399 e. The molecule has 88 valence electrons. The van der Waals surface area contributed by atoms with Crippen molar-refractivity contribution in [2.75, 3.05) is 5.73 Å². The summed E-state index contributed by atoms with van der Waals surface area (Å²) >= 11 is 8.88. The second-order valence-electron chi connectivity index (χ2n) is 3.57. The Kier molecular flexibility index (Phi) is 4.54. The summed E-state index contributed by atoms with van der Waals surface area (Å²) in [6.45, 7) is 0. The second-order valence-corrected chi connectivity index (χ2v) is 6.30. The highest BCUT2D eigenvalue weighted by Gasteiger charge is 2.03. The van der Waals surface area contributed by atoms with Crippen LogP contribution in [0, 0.1) is 0 Å². The molecule has 0 heterocycles. The summed E-state index contributed by atoms with van der Waals surface area (Å²) < 4.78 is 2.20. The van der Waals surface area contributed by atoms with E-state index < -0.39 is 0 Å². The van der Waals surface area contributed by atoms with Crippen molar-refractivity contribution in [3.63, 3.8) is 0 Å². The maximum absolute atomic E-state index is 5.71. The Morgan fingerprint density at radius 1 is 1.00 bits per heavy atom. The molecule has 2 aromatic rings. The molecule has 2 N–H and O–H groups in total. The molecule has 0 radical (unpaired) electrons. The van der Waals surface area contributed by atoms with Crippen LogP contribution in [0.3, 0.4) is 0 Å². The molecule has 17 heavy (non-hydrogen) atoms. The number of anilines is 1. The Labute approximate surface area is 122 Å². The summed E-state index contributed by atoms with van der Waals surface area (Å²) in [5.74, 6) is 0.920. The van der Waals surface area contributed by atoms with Crippen LogP contribution >= 0.6 is 43.6 Å². The summed E-state index contributed by atoms with van der Waals surface area (Å²) in [5, 5.41) is 0. The van der Waals surface area contributed by atoms with Gasteiger partial charge in [-0.3, -0.25) is 0 Å². The molecular formula is C13H11Br2NS. The van der Waals surface area contributed by atoms with Gasteiger partial charge in [-0.2, -0.15) is 0 Å². The summed E-state index contributed by atoms with van der Waals surface area (Å²) in [6.07, 6.45) is 0. The van der Waals surface area contributed by atoms with Crippen molar-refractivity contribution in [1.82, 2.24) is 0 Å². The first kappa shape index (κ1) is 13.0. The number of hydrogen-bond donors (Lipinski definition) is 1. The van der Waals surface area contributed by atoms with Crippen LogP contribution in [-0.4, -0.2) is 0 Å². The summed E-state index contributed by atoms with van der Waals surface area (Å²) in [5.41, 5.74) is 7.75. The SMILES string of the molecule is Nc1ccc(CSc2ccccc2Br)c(Br)c1. The molecule has 1 nitrogen and oxygen atoms in total. The molecule has 0 aliphatic carbocycles. The van der Waals surface area contributed by atoms with Crippen molar-refractivity contribution in [3.8, 4) is 0 Å². The molecule has 2 rings (SSSR count). The Balaban J connectivity index is 2.10. The van der Waals surface area contributed by atoms with Crippen molar-refractivity contribution in [2.45, 2.75) is 10.6 Å². The van der Waals surface area contributed by atoms with Crippen LogP contribution in [0.1, 0.15) is 5.56 Å². The number of hydrogen-bond acceptors (Lipinski definition) is 2. The third-order valence-corrected chi connectivity index (χ3v) is 5.11. The van der Waals surface area contributed by atoms with Gasteiger partial charge in [0.25, 0.3) is 0 Å². The Bertz CT molecular complexity index is 529. The van der Waals surface area contributed by atoms with Crippen LogP contribution in [-0.2, 0) is 5.75 Å². The topological polar surface area (TPSA) is 26.0 Å². The van der Waals surface area contributed by atoms with Gasteiger partial charge >= 0.3 is 0 Å². The van der Waals surface area contributed by atoms with Crippen molar-refractivity contribution in [1.29, 1.82) is 0 Å². The highest BCUT2D eigenvalue weighted by atomic mass is 79.9. The van der Waals surface area contributed by atoms with Crippen molar-refractivity contribution in [3.05, 3.63) is 57.0 Å². The molecule has 0 spiro atoms. The van der Waals surface area contributed by atoms with Gasteiger partial charge in [-0.15, -0.1) is 11.8 Å². The molecule has 0 bridgehead atoms. The lowest BCUT2D eigenvalue weighted by Gasteiger charge is -2.06. The van der Waals surface area contributed by atoms with Crippen LogP contribution in [0.25, 0.3) is 0 Å². The maximum atomic E-state index is 5.71. The minimum atomic E-state index is 0.784. The zero-order valence-corrected chi connectivity index (χ0v) is 13.0. The Hall–Kier alpha value is -0.450. The van der Waals surface area contributed by atoms with Gasteiger partial charge in [0.15, 0.2) is 0 Å². The van der Waals surface area contributed by atoms with Crippen molar-refractivity contribution in [2.24, 2.45) is 0 Å². The quantitative estimate of drug-likeness (QED) is 0.600. The van der Waals surface area contributed by atoms with Gasteiger partial charge in [-0.25, -0.2) is 0 Å². The lowest BCUT2D eigenvalue weighted by Crippen LogP contribution is -1.88. The highest BCUT2D eigenvalue weighted by Crippen LogP contribution is 2.32. The average Bonchev–Trinajstić information content (AvgIpc) is 2.30. The van der Waals surface area contributed by atoms with E-state index in [2.05, 4.69) is 50.1 Å². The van der Waals surface area contributed by atoms with Crippen molar-refractivity contribution >= 4 is 49.3 Å². The van der Waals surface area contributed by atoms with E-state index in [9.17, 15) is 0 Å². The van der Waals surface area contributed by atoms with Crippen LogP contribution in [0.5, 0.6) is 0 Å². The Morgan fingerprint density at radius 3 is 2.47 bits per heavy atom. The van der Waals surface area contributed by atoms with Gasteiger partial charge in [0.05, 0.1) is 0 Å². The van der Waals surface area contributed by atoms with E-state index in [-0.39, 0.29) is 0 Å². The minimum Gasteiger partial charge on any atom is -0.399 e. The average molecular weight is 373 g/mol. The van der Waals surface area contributed by atoms with Gasteiger partial charge < -0.3 is 5.73 Å². The molecule has 0 atom stereocenters. The number of thioether (sulfide) groups is 1. The molecule has 0 amide bonds. The smallest absolute Gasteiger partial charge is 0.0325 e. The highest BCUT2D eigenvalue weighted by molar-refractivity contribution is 9.10. The fraction of sp³-hybridized carbons (Fsp3) is 0.0769. The first-order valence-electron chi connectivity index (χ1n) is 5.08. The van der Waals surface area contributed by atoms with E-state index in [1.165, 1.54) is 10.5 Å². The first-order chi connectivity index (χ1) is 8.16. The van der Waals surface area contributed by atoms with Gasteiger partial charge in [-0.1, -0.05) is 34.1 Å². The van der Waals surface area contributed by atoms with E-state index in [4.69, 9.17) is 5.73 Å². The standard InChI is InChI=1S/C13H11Br2NS/c14-11-3-1-2-4-13(11)17-8-9-5-6-10(16)7-12(9)15/h1-7H,8,16H2. The zero-order valence-electron chi connectivity index (χ0n) is 8.99. The summed E-state index contributed by atoms with van der Waals surface area (Å²) in [4.78, 5) is 1.25. The van der Waals surface area contributed by atoms with E-state index in [1.54, 1.807) is 11.8 Å². The second kappa shape index (κ2) is 5.94. The molecule has 0 unspecified atom stereocenters. The number of benzene rings is 2. The molecule has 4 heteroatoms. The molecule has 0 aliphatic rings. The fourth-order valence-corrected chi connectivity index (χ4v) is 3.69. The lowest BCUT2D eigenvalue weighted by atomic mass is 10.2. The summed E-state index contributed by atoms with van der Waals surface area (Å²) in [6, 6.07) is 14.2. The van der Waals surface area contributed by atoms with E-state index in [1.807, 2.05) is 24.3 Å². The monoisotopic (exact) mass is 371 g/mol. The normalized spacial score (nSPS) is 10.5. The van der Waals surface area contributed by atoms with Gasteiger partial charge in [-0.05, 0) is 45.8 Å². The molecule has 0 aliphatic heterocycles. The third kappa shape index (κ3) is 3.50. The maximum Gasteiger partial charge on any atom is 0.0325 e. The molecule has 0 saturated heterocycles. The predicted molar refractivity (Wildman–Crippen MR) is 82.3 cm³/mol. The third-order valence-electron chi connectivity index (χ3n) is 2.30. The molecule has 0 fully saturated rings. The van der Waals surface area contributed by atoms with Gasteiger partial charge in [0, 0.05) is 25.3 Å². The van der Waals surface area contributed by atoms with Crippen LogP contribution < -0.4 is 5.73 Å². The zero-order chi connectivity index (χ0) is 12.3. The molecule has 2 aromatic carbocycles. The predicted octanol–water partition coefficient (Wildman–Crippen LogP) is 5.09. The Morgan fingerprint density at radius 2 is 1.76 bits per heavy atom. The lowest BCUT2D eigenvalue weighted by molar-refractivity contribution is 1.34. The van der Waals surface area contributed by atoms with Crippen LogP contribution in [0.2, 0.25) is 0 Å². The van der Waals surface area contributed by atoms with Gasteiger partial charge in [0.2, 0.25) is 0 Å². The summed E-state index contributed by atoms with van der Waals surface area (Å²) in [7, 11) is 0. The van der Waals surface area contributed by atoms with Crippen LogP contribution in [0.15, 0.2) is 56.3 Å². The van der Waals surface area contributed by atoms with Crippen LogP contribution in [0.4, 0.5) is 5.69 Å².